The number of rotatable bonds is 2. The van der Waals surface area contributed by atoms with Crippen molar-refractivity contribution in [2.45, 2.75) is 65.3 Å². The SMILES string of the molecule is CC1(C)[C@@H]2CC[C@@]1(C)[C@@](C#N)(O[Si](C)(C)C)C2. The molecule has 3 atom stereocenters. The van der Waals surface area contributed by atoms with Crippen LogP contribution in [0.15, 0.2) is 0 Å². The molecule has 2 aliphatic carbocycles. The molecule has 0 unspecified atom stereocenters. The highest BCUT2D eigenvalue weighted by atomic mass is 28.4. The van der Waals surface area contributed by atoms with E-state index in [0.717, 1.165) is 12.8 Å². The van der Waals surface area contributed by atoms with E-state index in [1.807, 2.05) is 0 Å². The van der Waals surface area contributed by atoms with Gasteiger partial charge in [-0.2, -0.15) is 5.26 Å². The average Bonchev–Trinajstić information content (AvgIpc) is 2.47. The van der Waals surface area contributed by atoms with E-state index in [4.69, 9.17) is 4.43 Å². The van der Waals surface area contributed by atoms with Crippen LogP contribution in [0.2, 0.25) is 19.6 Å². The monoisotopic (exact) mass is 251 g/mol. The maximum absolute atomic E-state index is 9.75. The zero-order chi connectivity index (χ0) is 13.1. The van der Waals surface area contributed by atoms with Crippen molar-refractivity contribution in [3.63, 3.8) is 0 Å². The van der Waals surface area contributed by atoms with E-state index < -0.39 is 13.9 Å². The molecule has 0 aromatic heterocycles. The Kier molecular flexibility index (Phi) is 2.59. The number of fused-ring (bicyclic) bond motifs is 2. The second-order valence-electron chi connectivity index (χ2n) is 7.65. The highest BCUT2D eigenvalue weighted by molar-refractivity contribution is 6.69. The van der Waals surface area contributed by atoms with Crippen molar-refractivity contribution in [2.24, 2.45) is 16.7 Å². The molecule has 2 rings (SSSR count). The van der Waals surface area contributed by atoms with Crippen LogP contribution in [0.4, 0.5) is 0 Å². The van der Waals surface area contributed by atoms with Gasteiger partial charge in [-0.15, -0.1) is 0 Å². The van der Waals surface area contributed by atoms with Crippen LogP contribution in [0.3, 0.4) is 0 Å². The molecule has 0 amide bonds. The Morgan fingerprint density at radius 1 is 1.24 bits per heavy atom. The Morgan fingerprint density at radius 2 is 1.82 bits per heavy atom. The molecule has 3 heteroatoms. The van der Waals surface area contributed by atoms with Gasteiger partial charge in [0.1, 0.15) is 5.60 Å². The summed E-state index contributed by atoms with van der Waals surface area (Å²) >= 11 is 0. The lowest BCUT2D eigenvalue weighted by Crippen LogP contribution is -2.53. The minimum absolute atomic E-state index is 0.0275. The zero-order valence-electron chi connectivity index (χ0n) is 12.1. The van der Waals surface area contributed by atoms with Gasteiger partial charge >= 0.3 is 0 Å². The molecule has 2 bridgehead atoms. The first-order chi connectivity index (χ1) is 7.58. The van der Waals surface area contributed by atoms with Gasteiger partial charge < -0.3 is 4.43 Å². The van der Waals surface area contributed by atoms with Crippen LogP contribution in [0.25, 0.3) is 0 Å². The molecule has 0 saturated heterocycles. The first kappa shape index (κ1) is 13.1. The Bertz CT molecular complexity index is 379. The Morgan fingerprint density at radius 3 is 2.12 bits per heavy atom. The minimum atomic E-state index is -1.69. The van der Waals surface area contributed by atoms with Gasteiger partial charge in [0.2, 0.25) is 0 Å². The fourth-order valence-corrected chi connectivity index (χ4v) is 5.52. The zero-order valence-corrected chi connectivity index (χ0v) is 13.1. The molecule has 0 aliphatic heterocycles. The first-order valence-corrected chi connectivity index (χ1v) is 10.1. The molecule has 0 spiro atoms. The predicted molar refractivity (Wildman–Crippen MR) is 72.0 cm³/mol. The van der Waals surface area contributed by atoms with Crippen LogP contribution in [0, 0.1) is 28.1 Å². The maximum atomic E-state index is 9.75. The molecular weight excluding hydrogens is 226 g/mol. The van der Waals surface area contributed by atoms with E-state index >= 15 is 0 Å². The third kappa shape index (κ3) is 1.53. The standard InChI is InChI=1S/C14H25NOSi/c1-12(2)11-7-8-13(12,3)14(9-11,10-15)16-17(4,5)6/h11H,7-9H2,1-6H3/t11-,13-,14-/m1/s1. The summed E-state index contributed by atoms with van der Waals surface area (Å²) in [6.45, 7) is 13.5. The van der Waals surface area contributed by atoms with E-state index in [2.05, 4.69) is 46.5 Å². The Balaban J connectivity index is 2.43. The highest BCUT2D eigenvalue weighted by Crippen LogP contribution is 2.70. The van der Waals surface area contributed by atoms with Crippen LogP contribution in [-0.2, 0) is 4.43 Å². The van der Waals surface area contributed by atoms with Gasteiger partial charge in [-0.25, -0.2) is 0 Å². The van der Waals surface area contributed by atoms with E-state index in [1.54, 1.807) is 0 Å². The molecule has 96 valence electrons. The Hall–Kier alpha value is -0.333. The van der Waals surface area contributed by atoms with Crippen molar-refractivity contribution in [1.82, 2.24) is 0 Å². The van der Waals surface area contributed by atoms with Crippen molar-refractivity contribution < 1.29 is 4.43 Å². The topological polar surface area (TPSA) is 33.0 Å². The van der Waals surface area contributed by atoms with Gasteiger partial charge in [0, 0.05) is 5.41 Å². The molecule has 2 fully saturated rings. The van der Waals surface area contributed by atoms with Gasteiger partial charge in [-0.1, -0.05) is 20.8 Å². The summed E-state index contributed by atoms with van der Waals surface area (Å²) in [4.78, 5) is 0. The van der Waals surface area contributed by atoms with Gasteiger partial charge in [0.25, 0.3) is 0 Å². The number of nitrogens with zero attached hydrogens (tertiary/aromatic N) is 1. The van der Waals surface area contributed by atoms with E-state index in [0.29, 0.717) is 5.92 Å². The summed E-state index contributed by atoms with van der Waals surface area (Å²) in [5.41, 5.74) is -0.258. The van der Waals surface area contributed by atoms with Crippen molar-refractivity contribution >= 4 is 8.32 Å². The van der Waals surface area contributed by atoms with Crippen molar-refractivity contribution in [3.8, 4) is 6.07 Å². The molecule has 0 N–H and O–H groups in total. The van der Waals surface area contributed by atoms with Gasteiger partial charge in [0.05, 0.1) is 6.07 Å². The van der Waals surface area contributed by atoms with E-state index in [9.17, 15) is 5.26 Å². The van der Waals surface area contributed by atoms with Crippen molar-refractivity contribution in [2.75, 3.05) is 0 Å². The summed E-state index contributed by atoms with van der Waals surface area (Å²) < 4.78 is 6.39. The number of hydrogen-bond donors (Lipinski definition) is 0. The lowest BCUT2D eigenvalue weighted by molar-refractivity contribution is -0.0306. The third-order valence-corrected chi connectivity index (χ3v) is 6.48. The van der Waals surface area contributed by atoms with Crippen LogP contribution >= 0.6 is 0 Å². The molecule has 0 aromatic rings. The molecule has 2 aliphatic rings. The molecule has 2 nitrogen and oxygen atoms in total. The molecule has 0 radical (unpaired) electrons. The molecule has 2 saturated carbocycles. The largest absolute Gasteiger partial charge is 0.399 e. The van der Waals surface area contributed by atoms with Crippen LogP contribution in [-0.4, -0.2) is 13.9 Å². The van der Waals surface area contributed by atoms with Crippen molar-refractivity contribution in [3.05, 3.63) is 0 Å². The summed E-state index contributed by atoms with van der Waals surface area (Å²) in [6.07, 6.45) is 3.35. The molecule has 0 heterocycles. The summed E-state index contributed by atoms with van der Waals surface area (Å²) in [6, 6.07) is 2.57. The highest BCUT2D eigenvalue weighted by Gasteiger charge is 2.70. The van der Waals surface area contributed by atoms with Crippen LogP contribution in [0.5, 0.6) is 0 Å². The maximum Gasteiger partial charge on any atom is 0.185 e. The lowest BCUT2D eigenvalue weighted by Gasteiger charge is -2.46. The smallest absolute Gasteiger partial charge is 0.185 e. The molecular formula is C14H25NOSi. The van der Waals surface area contributed by atoms with E-state index in [1.165, 1.54) is 6.42 Å². The second kappa shape index (κ2) is 3.36. The second-order valence-corrected chi connectivity index (χ2v) is 12.1. The lowest BCUT2D eigenvalue weighted by atomic mass is 9.65. The quantitative estimate of drug-likeness (QED) is 0.696. The summed E-state index contributed by atoms with van der Waals surface area (Å²) in [5.74, 6) is 0.656. The Labute approximate surface area is 106 Å². The number of hydrogen-bond acceptors (Lipinski definition) is 2. The van der Waals surface area contributed by atoms with E-state index in [-0.39, 0.29) is 10.8 Å². The van der Waals surface area contributed by atoms with Gasteiger partial charge in [-0.3, -0.25) is 0 Å². The first-order valence-electron chi connectivity index (χ1n) is 6.69. The van der Waals surface area contributed by atoms with Crippen LogP contribution in [0.1, 0.15) is 40.0 Å². The molecule has 17 heavy (non-hydrogen) atoms. The normalized spacial score (nSPS) is 43.7. The van der Waals surface area contributed by atoms with Crippen LogP contribution < -0.4 is 0 Å². The predicted octanol–water partition coefficient (Wildman–Crippen LogP) is 3.95. The van der Waals surface area contributed by atoms with Gasteiger partial charge in [-0.05, 0) is 50.2 Å². The summed E-state index contributed by atoms with van der Waals surface area (Å²) in [7, 11) is -1.69. The van der Waals surface area contributed by atoms with Crippen molar-refractivity contribution in [1.29, 1.82) is 5.26 Å². The minimum Gasteiger partial charge on any atom is -0.399 e. The third-order valence-electron chi connectivity index (χ3n) is 5.52. The fraction of sp³-hybridized carbons (Fsp3) is 0.929. The molecule has 0 aromatic carbocycles. The summed E-state index contributed by atoms with van der Waals surface area (Å²) in [5, 5.41) is 9.75. The number of nitriles is 1. The fourth-order valence-electron chi connectivity index (χ4n) is 4.12. The van der Waals surface area contributed by atoms with Gasteiger partial charge in [0.15, 0.2) is 8.32 Å². The average molecular weight is 251 g/mol.